The lowest BCUT2D eigenvalue weighted by Gasteiger charge is -2.11. The predicted molar refractivity (Wildman–Crippen MR) is 60.1 cm³/mol. The first-order valence-corrected chi connectivity index (χ1v) is 5.50. The fourth-order valence-electron chi connectivity index (χ4n) is 1.77. The van der Waals surface area contributed by atoms with Crippen LogP contribution in [0.2, 0.25) is 5.15 Å². The van der Waals surface area contributed by atoms with Gasteiger partial charge in [-0.05, 0) is 43.4 Å². The second-order valence-electron chi connectivity index (χ2n) is 3.67. The largest absolute Gasteiger partial charge is 0.289 e. The minimum absolute atomic E-state index is 0.0963. The monoisotopic (exact) mass is 221 g/mol. The van der Waals surface area contributed by atoms with Crippen molar-refractivity contribution in [1.82, 2.24) is 4.98 Å². The lowest BCUT2D eigenvalue weighted by molar-refractivity contribution is 0.102. The highest BCUT2D eigenvalue weighted by Crippen LogP contribution is 2.21. The quantitative estimate of drug-likeness (QED) is 0.566. The molecule has 3 heteroatoms. The van der Waals surface area contributed by atoms with Crippen LogP contribution in [-0.2, 0) is 0 Å². The molecular weight excluding hydrogens is 210 g/mol. The van der Waals surface area contributed by atoms with Crippen molar-refractivity contribution in [3.8, 4) is 0 Å². The van der Waals surface area contributed by atoms with Gasteiger partial charge in [-0.1, -0.05) is 17.7 Å². The Hall–Kier alpha value is -1.15. The number of aromatic nitrogens is 1. The summed E-state index contributed by atoms with van der Waals surface area (Å²) >= 11 is 5.75. The van der Waals surface area contributed by atoms with Crippen molar-refractivity contribution in [1.29, 1.82) is 0 Å². The number of rotatable bonds is 2. The first-order valence-electron chi connectivity index (χ1n) is 5.12. The SMILES string of the molecule is O=C(C1=CCCCC1)c1ccnc(Cl)c1. The van der Waals surface area contributed by atoms with Crippen molar-refractivity contribution >= 4 is 17.4 Å². The predicted octanol–water partition coefficient (Wildman–Crippen LogP) is 3.42. The first kappa shape index (κ1) is 10.4. The van der Waals surface area contributed by atoms with Gasteiger partial charge in [-0.2, -0.15) is 0 Å². The molecule has 2 rings (SSSR count). The van der Waals surface area contributed by atoms with Crippen LogP contribution in [0.3, 0.4) is 0 Å². The van der Waals surface area contributed by atoms with Gasteiger partial charge in [-0.25, -0.2) is 4.98 Å². The van der Waals surface area contributed by atoms with Gasteiger partial charge >= 0.3 is 0 Å². The van der Waals surface area contributed by atoms with Crippen LogP contribution in [0.5, 0.6) is 0 Å². The van der Waals surface area contributed by atoms with Gasteiger partial charge in [0.1, 0.15) is 5.15 Å². The third-order valence-corrected chi connectivity index (χ3v) is 2.78. The highest BCUT2D eigenvalue weighted by molar-refractivity contribution is 6.29. The van der Waals surface area contributed by atoms with Gasteiger partial charge in [0.15, 0.2) is 5.78 Å². The molecule has 0 aliphatic heterocycles. The van der Waals surface area contributed by atoms with Crippen molar-refractivity contribution < 1.29 is 4.79 Å². The first-order chi connectivity index (χ1) is 7.27. The number of hydrogen-bond acceptors (Lipinski definition) is 2. The Kier molecular flexibility index (Phi) is 3.17. The van der Waals surface area contributed by atoms with Crippen molar-refractivity contribution in [3.05, 3.63) is 40.7 Å². The molecule has 0 fully saturated rings. The normalized spacial score (nSPS) is 15.9. The second kappa shape index (κ2) is 4.58. The van der Waals surface area contributed by atoms with Gasteiger partial charge in [0.25, 0.3) is 0 Å². The van der Waals surface area contributed by atoms with Gasteiger partial charge < -0.3 is 0 Å². The average molecular weight is 222 g/mol. The molecule has 0 atom stereocenters. The lowest BCUT2D eigenvalue weighted by atomic mass is 9.93. The van der Waals surface area contributed by atoms with Crippen LogP contribution in [0.4, 0.5) is 0 Å². The summed E-state index contributed by atoms with van der Waals surface area (Å²) in [6.45, 7) is 0. The number of hydrogen-bond donors (Lipinski definition) is 0. The van der Waals surface area contributed by atoms with E-state index in [2.05, 4.69) is 4.98 Å². The molecule has 0 radical (unpaired) electrons. The molecule has 1 aromatic rings. The van der Waals surface area contributed by atoms with Crippen molar-refractivity contribution in [2.75, 3.05) is 0 Å². The van der Waals surface area contributed by atoms with E-state index in [1.807, 2.05) is 6.08 Å². The number of carbonyl (C=O) groups is 1. The van der Waals surface area contributed by atoms with E-state index in [9.17, 15) is 4.79 Å². The number of Topliss-reactive ketones (excluding diaryl/α,β-unsaturated/α-hetero) is 1. The van der Waals surface area contributed by atoms with E-state index < -0.39 is 0 Å². The Morgan fingerprint density at radius 1 is 1.40 bits per heavy atom. The van der Waals surface area contributed by atoms with Crippen molar-refractivity contribution in [3.63, 3.8) is 0 Å². The minimum Gasteiger partial charge on any atom is -0.289 e. The van der Waals surface area contributed by atoms with Gasteiger partial charge in [0.2, 0.25) is 0 Å². The summed E-state index contributed by atoms with van der Waals surface area (Å²) in [5.41, 5.74) is 1.56. The molecule has 1 aliphatic carbocycles. The summed E-state index contributed by atoms with van der Waals surface area (Å²) in [5, 5.41) is 0.372. The molecule has 0 amide bonds. The van der Waals surface area contributed by atoms with E-state index >= 15 is 0 Å². The zero-order chi connectivity index (χ0) is 10.7. The van der Waals surface area contributed by atoms with Crippen LogP contribution in [0, 0.1) is 0 Å². The molecule has 1 aliphatic rings. The lowest BCUT2D eigenvalue weighted by Crippen LogP contribution is -2.06. The average Bonchev–Trinajstić information content (AvgIpc) is 2.29. The Balaban J connectivity index is 2.24. The van der Waals surface area contributed by atoms with E-state index in [1.165, 1.54) is 6.42 Å². The van der Waals surface area contributed by atoms with E-state index in [1.54, 1.807) is 18.3 Å². The highest BCUT2D eigenvalue weighted by atomic mass is 35.5. The van der Waals surface area contributed by atoms with Crippen molar-refractivity contribution in [2.24, 2.45) is 0 Å². The van der Waals surface area contributed by atoms with Crippen LogP contribution in [0.15, 0.2) is 30.0 Å². The Labute approximate surface area is 94.0 Å². The number of ketones is 1. The van der Waals surface area contributed by atoms with E-state index in [0.717, 1.165) is 24.8 Å². The molecule has 0 saturated heterocycles. The maximum Gasteiger partial charge on any atom is 0.188 e. The molecule has 0 aromatic carbocycles. The standard InChI is InChI=1S/C12H12ClNO/c13-11-8-10(6-7-14-11)12(15)9-4-2-1-3-5-9/h4,6-8H,1-3,5H2. The minimum atomic E-state index is 0.0963. The number of carbonyl (C=O) groups excluding carboxylic acids is 1. The summed E-state index contributed by atoms with van der Waals surface area (Å²) in [6.07, 6.45) is 7.81. The summed E-state index contributed by atoms with van der Waals surface area (Å²) < 4.78 is 0. The van der Waals surface area contributed by atoms with Gasteiger partial charge in [0.05, 0.1) is 0 Å². The summed E-state index contributed by atoms with van der Waals surface area (Å²) in [5.74, 6) is 0.0963. The van der Waals surface area contributed by atoms with E-state index in [4.69, 9.17) is 11.6 Å². The summed E-state index contributed by atoms with van der Waals surface area (Å²) in [7, 11) is 0. The smallest absolute Gasteiger partial charge is 0.188 e. The Morgan fingerprint density at radius 3 is 2.93 bits per heavy atom. The van der Waals surface area contributed by atoms with E-state index in [0.29, 0.717) is 10.7 Å². The van der Waals surface area contributed by atoms with Gasteiger partial charge in [0, 0.05) is 11.8 Å². The second-order valence-corrected chi connectivity index (χ2v) is 4.06. The molecule has 0 unspecified atom stereocenters. The zero-order valence-corrected chi connectivity index (χ0v) is 9.13. The third kappa shape index (κ3) is 2.45. The number of nitrogens with zero attached hydrogens (tertiary/aromatic N) is 1. The number of pyridine rings is 1. The van der Waals surface area contributed by atoms with Crippen LogP contribution < -0.4 is 0 Å². The Morgan fingerprint density at radius 2 is 2.27 bits per heavy atom. The highest BCUT2D eigenvalue weighted by Gasteiger charge is 2.14. The van der Waals surface area contributed by atoms with Crippen LogP contribution >= 0.6 is 11.6 Å². The van der Waals surface area contributed by atoms with Gasteiger partial charge in [-0.15, -0.1) is 0 Å². The summed E-state index contributed by atoms with van der Waals surface area (Å²) in [4.78, 5) is 15.9. The fourth-order valence-corrected chi connectivity index (χ4v) is 1.95. The third-order valence-electron chi connectivity index (χ3n) is 2.57. The van der Waals surface area contributed by atoms with Crippen molar-refractivity contribution in [2.45, 2.75) is 25.7 Å². The molecule has 1 aromatic heterocycles. The summed E-state index contributed by atoms with van der Waals surface area (Å²) in [6, 6.07) is 3.34. The number of allylic oxidation sites excluding steroid dienone is 2. The zero-order valence-electron chi connectivity index (χ0n) is 8.37. The molecule has 0 N–H and O–H groups in total. The molecule has 78 valence electrons. The van der Waals surface area contributed by atoms with Gasteiger partial charge in [-0.3, -0.25) is 4.79 Å². The maximum atomic E-state index is 12.0. The molecule has 0 saturated carbocycles. The number of halogens is 1. The maximum absolute atomic E-state index is 12.0. The van der Waals surface area contributed by atoms with Crippen LogP contribution in [0.25, 0.3) is 0 Å². The van der Waals surface area contributed by atoms with E-state index in [-0.39, 0.29) is 5.78 Å². The topological polar surface area (TPSA) is 30.0 Å². The molecule has 0 spiro atoms. The fraction of sp³-hybridized carbons (Fsp3) is 0.333. The molecular formula is C12H12ClNO. The van der Waals surface area contributed by atoms with Crippen LogP contribution in [-0.4, -0.2) is 10.8 Å². The Bertz CT molecular complexity index is 412. The molecule has 0 bridgehead atoms. The molecule has 1 heterocycles. The molecule has 15 heavy (non-hydrogen) atoms. The molecule has 2 nitrogen and oxygen atoms in total. The van der Waals surface area contributed by atoms with Crippen LogP contribution in [0.1, 0.15) is 36.0 Å².